The van der Waals surface area contributed by atoms with Crippen LogP contribution in [0.5, 0.6) is 0 Å². The molecule has 10 heteroatoms. The monoisotopic (exact) mass is 593 g/mol. The summed E-state index contributed by atoms with van der Waals surface area (Å²) in [5.41, 5.74) is 2.00. The molecule has 0 atom stereocenters. The number of unbranched alkanes of at least 4 members (excludes halogenated alkanes) is 1. The number of thioether (sulfide) groups is 1. The van der Waals surface area contributed by atoms with E-state index in [1.54, 1.807) is 41.0 Å². The maximum atomic E-state index is 13.3. The Morgan fingerprint density at radius 2 is 1.73 bits per heavy atom. The Morgan fingerprint density at radius 1 is 0.919 bits per heavy atom. The third kappa shape index (κ3) is 7.21. The molecule has 4 rings (SSSR count). The van der Waals surface area contributed by atoms with E-state index < -0.39 is 0 Å². The van der Waals surface area contributed by atoms with Crippen LogP contribution < -0.4 is 10.9 Å². The number of aromatic nitrogens is 2. The molecule has 0 unspecified atom stereocenters. The lowest BCUT2D eigenvalue weighted by Crippen LogP contribution is -2.25. The Balaban J connectivity index is 1.34. The van der Waals surface area contributed by atoms with Crippen LogP contribution in [0.4, 0.5) is 0 Å². The van der Waals surface area contributed by atoms with Gasteiger partial charge in [0.1, 0.15) is 0 Å². The van der Waals surface area contributed by atoms with E-state index in [2.05, 4.69) is 5.32 Å². The number of halogens is 4. The topological polar surface area (TPSA) is 64.0 Å². The molecular weight excluding hydrogens is 572 g/mol. The number of benzene rings is 3. The van der Waals surface area contributed by atoms with Gasteiger partial charge in [0.15, 0.2) is 5.16 Å². The van der Waals surface area contributed by atoms with Gasteiger partial charge in [0.25, 0.3) is 5.56 Å². The van der Waals surface area contributed by atoms with Crippen molar-refractivity contribution in [3.63, 3.8) is 0 Å². The second-order valence-electron chi connectivity index (χ2n) is 8.29. The van der Waals surface area contributed by atoms with Crippen molar-refractivity contribution in [2.45, 2.75) is 30.8 Å². The number of para-hydroxylation sites is 1. The Labute approximate surface area is 239 Å². The van der Waals surface area contributed by atoms with Gasteiger partial charge in [-0.3, -0.25) is 14.2 Å². The number of carbonyl (C=O) groups excluding carboxylic acids is 1. The summed E-state index contributed by atoms with van der Waals surface area (Å²) in [5.74, 6) is 0.686. The average molecular weight is 595 g/mol. The predicted molar refractivity (Wildman–Crippen MR) is 155 cm³/mol. The molecule has 1 N–H and O–H groups in total. The smallest absolute Gasteiger partial charge is 0.266 e. The van der Waals surface area contributed by atoms with Gasteiger partial charge in [-0.25, -0.2) is 4.98 Å². The minimum absolute atomic E-state index is 0.00775. The van der Waals surface area contributed by atoms with Crippen molar-refractivity contribution in [2.75, 3.05) is 12.3 Å². The molecule has 1 aromatic heterocycles. The van der Waals surface area contributed by atoms with Crippen molar-refractivity contribution in [3.05, 3.63) is 96.7 Å². The van der Waals surface area contributed by atoms with E-state index in [0.29, 0.717) is 73.4 Å². The number of rotatable bonds is 10. The van der Waals surface area contributed by atoms with Gasteiger partial charge in [-0.1, -0.05) is 76.4 Å². The normalized spacial score (nSPS) is 11.1. The van der Waals surface area contributed by atoms with E-state index in [4.69, 9.17) is 51.4 Å². The van der Waals surface area contributed by atoms with Crippen molar-refractivity contribution < 1.29 is 4.79 Å². The van der Waals surface area contributed by atoms with Gasteiger partial charge in [0.05, 0.1) is 26.6 Å². The van der Waals surface area contributed by atoms with Gasteiger partial charge in [0, 0.05) is 28.8 Å². The highest BCUT2D eigenvalue weighted by Crippen LogP contribution is 2.27. The zero-order valence-electron chi connectivity index (χ0n) is 19.6. The standard InChI is InChI=1S/C27H23Cl4N3O2S/c28-18-9-8-17(22(30)15-18)12-13-32-25(35)7-3-4-14-37-27-33-24-6-2-1-5-20(24)26(36)34(27)19-10-11-21(29)23(31)16-19/h1-2,5-6,8-11,15-16H,3-4,7,12-14H2,(H,32,35). The van der Waals surface area contributed by atoms with Crippen LogP contribution in [0.1, 0.15) is 24.8 Å². The maximum absolute atomic E-state index is 13.3. The number of nitrogens with zero attached hydrogens (tertiary/aromatic N) is 2. The lowest BCUT2D eigenvalue weighted by molar-refractivity contribution is -0.121. The zero-order chi connectivity index (χ0) is 26.4. The molecule has 0 aliphatic heterocycles. The predicted octanol–water partition coefficient (Wildman–Crippen LogP) is 7.62. The van der Waals surface area contributed by atoms with Crippen LogP contribution in [-0.4, -0.2) is 27.8 Å². The SMILES string of the molecule is O=C(CCCCSc1nc2ccccc2c(=O)n1-c1ccc(Cl)c(Cl)c1)NCCc1ccc(Cl)cc1Cl. The van der Waals surface area contributed by atoms with Crippen molar-refractivity contribution in [1.29, 1.82) is 0 Å². The fourth-order valence-electron chi connectivity index (χ4n) is 3.76. The molecule has 0 aliphatic rings. The first-order valence-corrected chi connectivity index (χ1v) is 14.1. The van der Waals surface area contributed by atoms with Crippen LogP contribution in [0.2, 0.25) is 20.1 Å². The highest BCUT2D eigenvalue weighted by atomic mass is 35.5. The summed E-state index contributed by atoms with van der Waals surface area (Å²) in [6.45, 7) is 0.506. The van der Waals surface area contributed by atoms with Crippen LogP contribution >= 0.6 is 58.2 Å². The summed E-state index contributed by atoms with van der Waals surface area (Å²) < 4.78 is 1.56. The number of hydrogen-bond donors (Lipinski definition) is 1. The van der Waals surface area contributed by atoms with Gasteiger partial charge in [-0.05, 0) is 67.3 Å². The van der Waals surface area contributed by atoms with E-state index in [-0.39, 0.29) is 11.5 Å². The second kappa shape index (κ2) is 13.0. The molecule has 0 saturated heterocycles. The van der Waals surface area contributed by atoms with Crippen molar-refractivity contribution in [3.8, 4) is 5.69 Å². The Kier molecular flexibility index (Phi) is 9.79. The Bertz CT molecular complexity index is 1490. The molecule has 3 aromatic carbocycles. The minimum atomic E-state index is -0.174. The highest BCUT2D eigenvalue weighted by molar-refractivity contribution is 7.99. The number of carbonyl (C=O) groups is 1. The van der Waals surface area contributed by atoms with Crippen LogP contribution in [0.3, 0.4) is 0 Å². The van der Waals surface area contributed by atoms with E-state index >= 15 is 0 Å². The first-order valence-electron chi connectivity index (χ1n) is 11.6. The first kappa shape index (κ1) is 27.8. The van der Waals surface area contributed by atoms with Crippen molar-refractivity contribution in [2.24, 2.45) is 0 Å². The maximum Gasteiger partial charge on any atom is 0.266 e. The molecular formula is C27H23Cl4N3O2S. The summed E-state index contributed by atoms with van der Waals surface area (Å²) in [7, 11) is 0. The summed E-state index contributed by atoms with van der Waals surface area (Å²) in [6, 6.07) is 17.7. The molecule has 0 radical (unpaired) electrons. The van der Waals surface area contributed by atoms with Crippen LogP contribution in [0.15, 0.2) is 70.6 Å². The lowest BCUT2D eigenvalue weighted by atomic mass is 10.1. The van der Waals surface area contributed by atoms with E-state index in [0.717, 1.165) is 12.0 Å². The third-order valence-corrected chi connectivity index (χ3v) is 8.02. The fourth-order valence-corrected chi connectivity index (χ4v) is 5.57. The Morgan fingerprint density at radius 3 is 2.51 bits per heavy atom. The lowest BCUT2D eigenvalue weighted by Gasteiger charge is -2.14. The van der Waals surface area contributed by atoms with Gasteiger partial charge < -0.3 is 5.32 Å². The molecule has 0 fully saturated rings. The first-order chi connectivity index (χ1) is 17.8. The molecule has 0 aliphatic carbocycles. The summed E-state index contributed by atoms with van der Waals surface area (Å²) in [6.07, 6.45) is 2.55. The van der Waals surface area contributed by atoms with Crippen molar-refractivity contribution in [1.82, 2.24) is 14.9 Å². The van der Waals surface area contributed by atoms with Gasteiger partial charge in [-0.15, -0.1) is 0 Å². The largest absolute Gasteiger partial charge is 0.356 e. The number of fused-ring (bicyclic) bond motifs is 1. The molecule has 37 heavy (non-hydrogen) atoms. The van der Waals surface area contributed by atoms with Crippen molar-refractivity contribution >= 4 is 75.0 Å². The zero-order valence-corrected chi connectivity index (χ0v) is 23.5. The molecule has 1 heterocycles. The molecule has 4 aromatic rings. The average Bonchev–Trinajstić information content (AvgIpc) is 2.87. The van der Waals surface area contributed by atoms with Gasteiger partial charge in [-0.2, -0.15) is 0 Å². The van der Waals surface area contributed by atoms with Gasteiger partial charge >= 0.3 is 0 Å². The molecule has 5 nitrogen and oxygen atoms in total. The van der Waals surface area contributed by atoms with E-state index in [9.17, 15) is 9.59 Å². The minimum Gasteiger partial charge on any atom is -0.356 e. The Hall–Kier alpha value is -2.22. The molecule has 0 spiro atoms. The summed E-state index contributed by atoms with van der Waals surface area (Å²) in [4.78, 5) is 30.3. The highest BCUT2D eigenvalue weighted by Gasteiger charge is 2.14. The summed E-state index contributed by atoms with van der Waals surface area (Å²) in [5, 5.41) is 5.97. The van der Waals surface area contributed by atoms with E-state index in [1.807, 2.05) is 24.3 Å². The van der Waals surface area contributed by atoms with Crippen LogP contribution in [0.25, 0.3) is 16.6 Å². The number of amides is 1. The number of hydrogen-bond acceptors (Lipinski definition) is 4. The van der Waals surface area contributed by atoms with Crippen LogP contribution in [-0.2, 0) is 11.2 Å². The third-order valence-electron chi connectivity index (χ3n) is 5.67. The van der Waals surface area contributed by atoms with E-state index in [1.165, 1.54) is 11.8 Å². The summed E-state index contributed by atoms with van der Waals surface area (Å²) >= 11 is 25.9. The fraction of sp³-hybridized carbons (Fsp3) is 0.222. The molecule has 192 valence electrons. The van der Waals surface area contributed by atoms with Crippen LogP contribution in [0, 0.1) is 0 Å². The van der Waals surface area contributed by atoms with Gasteiger partial charge in [0.2, 0.25) is 5.91 Å². The molecule has 0 saturated carbocycles. The quantitative estimate of drug-likeness (QED) is 0.116. The molecule has 0 bridgehead atoms. The number of nitrogens with one attached hydrogen (secondary N) is 1. The second-order valence-corrected chi connectivity index (χ2v) is 11.0. The molecule has 1 amide bonds.